The van der Waals surface area contributed by atoms with Gasteiger partial charge in [-0.05, 0) is 79.8 Å². The van der Waals surface area contributed by atoms with Gasteiger partial charge in [0.25, 0.3) is 10.0 Å². The van der Waals surface area contributed by atoms with Crippen LogP contribution >= 0.6 is 0 Å². The average Bonchev–Trinajstić information content (AvgIpc) is 2.79. The summed E-state index contributed by atoms with van der Waals surface area (Å²) >= 11 is 0. The summed E-state index contributed by atoms with van der Waals surface area (Å²) < 4.78 is 40.8. The molecule has 0 aliphatic rings. The van der Waals surface area contributed by atoms with Gasteiger partial charge in [0.05, 0.1) is 10.6 Å². The average molecular weight is 455 g/mol. The molecule has 3 aromatic carbocycles. The quantitative estimate of drug-likeness (QED) is 0.488. The lowest BCUT2D eigenvalue weighted by molar-refractivity contribution is -0.119. The number of aryl methyl sites for hydroxylation is 3. The van der Waals surface area contributed by atoms with Crippen LogP contribution in [0, 0.1) is 19.7 Å². The Morgan fingerprint density at radius 1 is 0.938 bits per heavy atom. The minimum absolute atomic E-state index is 0.127. The van der Waals surface area contributed by atoms with Crippen LogP contribution in [-0.2, 0) is 21.2 Å². The molecule has 1 amide bonds. The lowest BCUT2D eigenvalue weighted by Crippen LogP contribution is -2.41. The maximum Gasteiger partial charge on any atom is 0.264 e. The van der Waals surface area contributed by atoms with Crippen LogP contribution < -0.4 is 9.62 Å². The Hall–Kier alpha value is -3.19. The van der Waals surface area contributed by atoms with Crippen LogP contribution in [0.5, 0.6) is 0 Å². The number of sulfonamides is 1. The van der Waals surface area contributed by atoms with Crippen molar-refractivity contribution in [2.24, 2.45) is 0 Å². The number of carbonyl (C=O) groups excluding carboxylic acids is 1. The van der Waals surface area contributed by atoms with Crippen molar-refractivity contribution >= 4 is 21.6 Å². The SMILES string of the molecule is Cc1ccc(N(CC(=O)NCCCc2ccc(F)cc2)S(=O)(=O)c2ccccc2)cc1C. The molecular weight excluding hydrogens is 427 g/mol. The topological polar surface area (TPSA) is 66.5 Å². The normalized spacial score (nSPS) is 11.2. The molecule has 7 heteroatoms. The first-order chi connectivity index (χ1) is 15.3. The maximum atomic E-state index is 13.3. The van der Waals surface area contributed by atoms with Crippen molar-refractivity contribution in [3.63, 3.8) is 0 Å². The highest BCUT2D eigenvalue weighted by Gasteiger charge is 2.27. The lowest BCUT2D eigenvalue weighted by atomic mass is 10.1. The van der Waals surface area contributed by atoms with Gasteiger partial charge in [-0.25, -0.2) is 12.8 Å². The van der Waals surface area contributed by atoms with Gasteiger partial charge in [0.1, 0.15) is 12.4 Å². The van der Waals surface area contributed by atoms with Gasteiger partial charge < -0.3 is 5.32 Å². The number of hydrogen-bond acceptors (Lipinski definition) is 3. The van der Waals surface area contributed by atoms with E-state index in [9.17, 15) is 17.6 Å². The number of halogens is 1. The van der Waals surface area contributed by atoms with Crippen LogP contribution in [0.25, 0.3) is 0 Å². The fourth-order valence-corrected chi connectivity index (χ4v) is 4.71. The van der Waals surface area contributed by atoms with Crippen LogP contribution in [-0.4, -0.2) is 27.4 Å². The highest BCUT2D eigenvalue weighted by atomic mass is 32.2. The minimum atomic E-state index is -3.92. The van der Waals surface area contributed by atoms with E-state index in [0.717, 1.165) is 21.0 Å². The molecule has 0 fully saturated rings. The van der Waals surface area contributed by atoms with E-state index in [-0.39, 0.29) is 23.2 Å². The molecule has 0 bridgehead atoms. The van der Waals surface area contributed by atoms with Crippen molar-refractivity contribution < 1.29 is 17.6 Å². The molecule has 3 rings (SSSR count). The number of nitrogens with one attached hydrogen (secondary N) is 1. The molecule has 1 N–H and O–H groups in total. The van der Waals surface area contributed by atoms with E-state index in [1.165, 1.54) is 24.3 Å². The summed E-state index contributed by atoms with van der Waals surface area (Å²) in [7, 11) is -3.92. The molecule has 0 aliphatic carbocycles. The largest absolute Gasteiger partial charge is 0.355 e. The lowest BCUT2D eigenvalue weighted by Gasteiger charge is -2.25. The fraction of sp³-hybridized carbons (Fsp3) is 0.240. The van der Waals surface area contributed by atoms with E-state index < -0.39 is 10.0 Å². The van der Waals surface area contributed by atoms with Crippen molar-refractivity contribution in [1.29, 1.82) is 0 Å². The van der Waals surface area contributed by atoms with E-state index in [0.29, 0.717) is 25.1 Å². The number of rotatable bonds is 9. The fourth-order valence-electron chi connectivity index (χ4n) is 3.27. The third kappa shape index (κ3) is 5.95. The molecule has 0 unspecified atom stereocenters. The number of hydrogen-bond donors (Lipinski definition) is 1. The summed E-state index contributed by atoms with van der Waals surface area (Å²) in [5.74, 6) is -0.671. The summed E-state index contributed by atoms with van der Waals surface area (Å²) in [4.78, 5) is 12.8. The predicted molar refractivity (Wildman–Crippen MR) is 125 cm³/mol. The number of amides is 1. The van der Waals surface area contributed by atoms with E-state index in [1.807, 2.05) is 19.9 Å². The van der Waals surface area contributed by atoms with Gasteiger partial charge in [-0.3, -0.25) is 9.10 Å². The van der Waals surface area contributed by atoms with Crippen LogP contribution in [0.3, 0.4) is 0 Å². The van der Waals surface area contributed by atoms with Gasteiger partial charge >= 0.3 is 0 Å². The Kier molecular flexibility index (Phi) is 7.64. The monoisotopic (exact) mass is 454 g/mol. The molecule has 3 aromatic rings. The summed E-state index contributed by atoms with van der Waals surface area (Å²) in [6, 6.07) is 19.7. The zero-order valence-electron chi connectivity index (χ0n) is 18.2. The Balaban J connectivity index is 1.71. The van der Waals surface area contributed by atoms with E-state index in [2.05, 4.69) is 5.32 Å². The van der Waals surface area contributed by atoms with Gasteiger partial charge in [-0.2, -0.15) is 0 Å². The second kappa shape index (κ2) is 10.4. The minimum Gasteiger partial charge on any atom is -0.355 e. The summed E-state index contributed by atoms with van der Waals surface area (Å²) in [6.07, 6.45) is 1.34. The van der Waals surface area contributed by atoms with Crippen LogP contribution in [0.1, 0.15) is 23.1 Å². The first kappa shape index (κ1) is 23.5. The third-order valence-electron chi connectivity index (χ3n) is 5.27. The van der Waals surface area contributed by atoms with Crippen molar-refractivity contribution in [3.8, 4) is 0 Å². The Bertz CT molecular complexity index is 1160. The molecular formula is C25H27FN2O3S. The molecule has 0 spiro atoms. The first-order valence-electron chi connectivity index (χ1n) is 10.4. The van der Waals surface area contributed by atoms with Crippen LogP contribution in [0.2, 0.25) is 0 Å². The Morgan fingerprint density at radius 3 is 2.28 bits per heavy atom. The molecule has 0 saturated heterocycles. The van der Waals surface area contributed by atoms with Gasteiger partial charge in [0.15, 0.2) is 0 Å². The molecule has 0 radical (unpaired) electrons. The van der Waals surface area contributed by atoms with E-state index in [1.54, 1.807) is 42.5 Å². The van der Waals surface area contributed by atoms with Gasteiger partial charge in [0.2, 0.25) is 5.91 Å². The molecule has 0 heterocycles. The second-order valence-corrected chi connectivity index (χ2v) is 9.54. The molecule has 0 aromatic heterocycles. The molecule has 0 aliphatic heterocycles. The molecule has 168 valence electrons. The van der Waals surface area contributed by atoms with Crippen LogP contribution in [0.4, 0.5) is 10.1 Å². The zero-order chi connectivity index (χ0) is 23.1. The number of anilines is 1. The van der Waals surface area contributed by atoms with Gasteiger partial charge in [-0.15, -0.1) is 0 Å². The highest BCUT2D eigenvalue weighted by molar-refractivity contribution is 7.92. The Labute approximate surface area is 188 Å². The van der Waals surface area contributed by atoms with Crippen LogP contribution in [0.15, 0.2) is 77.7 Å². The second-order valence-electron chi connectivity index (χ2n) is 7.67. The predicted octanol–water partition coefficient (Wildman–Crippen LogP) is 4.39. The number of carbonyl (C=O) groups is 1. The molecule has 32 heavy (non-hydrogen) atoms. The van der Waals surface area contributed by atoms with E-state index >= 15 is 0 Å². The third-order valence-corrected chi connectivity index (χ3v) is 7.06. The Morgan fingerprint density at radius 2 is 1.62 bits per heavy atom. The van der Waals surface area contributed by atoms with Crippen molar-refractivity contribution in [2.45, 2.75) is 31.6 Å². The highest BCUT2D eigenvalue weighted by Crippen LogP contribution is 2.25. The molecule has 0 saturated carbocycles. The number of benzene rings is 3. The summed E-state index contributed by atoms with van der Waals surface area (Å²) in [6.45, 7) is 3.92. The van der Waals surface area contributed by atoms with Crippen molar-refractivity contribution in [1.82, 2.24) is 5.32 Å². The smallest absolute Gasteiger partial charge is 0.264 e. The van der Waals surface area contributed by atoms with Crippen molar-refractivity contribution in [2.75, 3.05) is 17.4 Å². The maximum absolute atomic E-state index is 13.3. The molecule has 5 nitrogen and oxygen atoms in total. The standard InChI is InChI=1S/C25H27FN2O3S/c1-19-10-15-23(17-20(19)2)28(32(30,31)24-8-4-3-5-9-24)18-25(29)27-16-6-7-21-11-13-22(26)14-12-21/h3-5,8-15,17H,6-7,16,18H2,1-2H3,(H,27,29). The number of nitrogens with zero attached hydrogens (tertiary/aromatic N) is 1. The zero-order valence-corrected chi connectivity index (χ0v) is 19.0. The van der Waals surface area contributed by atoms with E-state index in [4.69, 9.17) is 0 Å². The van der Waals surface area contributed by atoms with Crippen molar-refractivity contribution in [3.05, 3.63) is 95.3 Å². The summed E-state index contributed by atoms with van der Waals surface area (Å²) in [5.41, 5.74) is 3.40. The van der Waals surface area contributed by atoms with Gasteiger partial charge in [0, 0.05) is 6.54 Å². The summed E-state index contributed by atoms with van der Waals surface area (Å²) in [5, 5.41) is 2.79. The molecule has 0 atom stereocenters. The van der Waals surface area contributed by atoms with Gasteiger partial charge in [-0.1, -0.05) is 36.4 Å². The first-order valence-corrected chi connectivity index (χ1v) is 11.9.